The van der Waals surface area contributed by atoms with E-state index in [1.807, 2.05) is 54.6 Å². The van der Waals surface area contributed by atoms with Gasteiger partial charge in [0.1, 0.15) is 0 Å². The fourth-order valence-electron chi connectivity index (χ4n) is 1.49. The number of halogens is 2. The summed E-state index contributed by atoms with van der Waals surface area (Å²) in [5, 5.41) is 0. The van der Waals surface area contributed by atoms with E-state index in [1.165, 1.54) is 0 Å². The minimum absolute atomic E-state index is 0.0198. The number of rotatable bonds is 3. The van der Waals surface area contributed by atoms with Crippen LogP contribution in [0.3, 0.4) is 0 Å². The van der Waals surface area contributed by atoms with E-state index < -0.39 is 0 Å². The Bertz CT molecular complexity index is 588. The van der Waals surface area contributed by atoms with Crippen LogP contribution in [0.2, 0.25) is 0 Å². The van der Waals surface area contributed by atoms with Crippen LogP contribution in [0, 0.1) is 3.57 Å². The molecule has 0 unspecified atom stereocenters. The lowest BCUT2D eigenvalue weighted by atomic mass is 10.1. The standard InChI is InChI=1S/C15H10BrIO/c16-13-3-1-2-11(10-13)4-9-15(18)12-5-7-14(17)8-6-12/h1-10H. The van der Waals surface area contributed by atoms with Crippen LogP contribution in [0.5, 0.6) is 0 Å². The Labute approximate surface area is 128 Å². The van der Waals surface area contributed by atoms with Crippen molar-refractivity contribution in [3.05, 3.63) is 73.8 Å². The van der Waals surface area contributed by atoms with Crippen molar-refractivity contribution >= 4 is 50.4 Å². The molecule has 0 aromatic heterocycles. The molecule has 0 heterocycles. The Morgan fingerprint density at radius 3 is 2.50 bits per heavy atom. The highest BCUT2D eigenvalue weighted by Gasteiger charge is 2.00. The molecule has 0 atom stereocenters. The zero-order valence-electron chi connectivity index (χ0n) is 9.44. The zero-order valence-corrected chi connectivity index (χ0v) is 13.2. The number of hydrogen-bond acceptors (Lipinski definition) is 1. The predicted molar refractivity (Wildman–Crippen MR) is 86.7 cm³/mol. The molecule has 0 N–H and O–H groups in total. The van der Waals surface area contributed by atoms with Crippen molar-refractivity contribution in [3.8, 4) is 0 Å². The second-order valence-corrected chi connectivity index (χ2v) is 5.92. The molecular weight excluding hydrogens is 403 g/mol. The third-order valence-corrected chi connectivity index (χ3v) is 3.62. The van der Waals surface area contributed by atoms with Crippen molar-refractivity contribution in [3.63, 3.8) is 0 Å². The molecule has 0 aliphatic heterocycles. The molecule has 1 nitrogen and oxygen atoms in total. The number of benzene rings is 2. The molecule has 18 heavy (non-hydrogen) atoms. The largest absolute Gasteiger partial charge is 0.289 e. The lowest BCUT2D eigenvalue weighted by molar-refractivity contribution is 0.104. The van der Waals surface area contributed by atoms with Crippen molar-refractivity contribution in [1.82, 2.24) is 0 Å². The average molecular weight is 413 g/mol. The first kappa shape index (κ1) is 13.5. The number of carbonyl (C=O) groups is 1. The van der Waals surface area contributed by atoms with Gasteiger partial charge < -0.3 is 0 Å². The molecule has 3 heteroatoms. The molecule has 0 bridgehead atoms. The predicted octanol–water partition coefficient (Wildman–Crippen LogP) is 4.95. The van der Waals surface area contributed by atoms with E-state index in [2.05, 4.69) is 38.5 Å². The third-order valence-electron chi connectivity index (χ3n) is 2.40. The van der Waals surface area contributed by atoms with E-state index in [4.69, 9.17) is 0 Å². The number of hydrogen-bond donors (Lipinski definition) is 0. The SMILES string of the molecule is O=C(C=Cc1cccc(Br)c1)c1ccc(I)cc1. The van der Waals surface area contributed by atoms with Gasteiger partial charge in [-0.2, -0.15) is 0 Å². The van der Waals surface area contributed by atoms with Crippen LogP contribution in [-0.2, 0) is 0 Å². The van der Waals surface area contributed by atoms with Gasteiger partial charge in [0.05, 0.1) is 0 Å². The number of carbonyl (C=O) groups excluding carboxylic acids is 1. The zero-order chi connectivity index (χ0) is 13.0. The molecule has 0 aliphatic carbocycles. The summed E-state index contributed by atoms with van der Waals surface area (Å²) in [6, 6.07) is 15.4. The van der Waals surface area contributed by atoms with Crippen molar-refractivity contribution in [2.45, 2.75) is 0 Å². The van der Waals surface area contributed by atoms with Crippen LogP contribution in [0.4, 0.5) is 0 Å². The van der Waals surface area contributed by atoms with Crippen LogP contribution in [0.1, 0.15) is 15.9 Å². The van der Waals surface area contributed by atoms with Crippen LogP contribution in [-0.4, -0.2) is 5.78 Å². The molecule has 0 aliphatic rings. The highest BCUT2D eigenvalue weighted by molar-refractivity contribution is 14.1. The van der Waals surface area contributed by atoms with Crippen LogP contribution >= 0.6 is 38.5 Å². The van der Waals surface area contributed by atoms with Gasteiger partial charge in [0.15, 0.2) is 5.78 Å². The first-order valence-electron chi connectivity index (χ1n) is 5.39. The van der Waals surface area contributed by atoms with Gasteiger partial charge in [0, 0.05) is 13.6 Å². The molecule has 90 valence electrons. The molecule has 0 fully saturated rings. The Hall–Kier alpha value is -0.940. The Balaban J connectivity index is 2.14. The summed E-state index contributed by atoms with van der Waals surface area (Å²) in [7, 11) is 0. The van der Waals surface area contributed by atoms with Gasteiger partial charge in [-0.05, 0) is 58.5 Å². The van der Waals surface area contributed by atoms with Crippen molar-refractivity contribution < 1.29 is 4.79 Å². The van der Waals surface area contributed by atoms with E-state index in [1.54, 1.807) is 6.08 Å². The Morgan fingerprint density at radius 2 is 1.83 bits per heavy atom. The van der Waals surface area contributed by atoms with E-state index >= 15 is 0 Å². The number of allylic oxidation sites excluding steroid dienone is 1. The molecular formula is C15H10BrIO. The first-order valence-corrected chi connectivity index (χ1v) is 7.26. The minimum Gasteiger partial charge on any atom is -0.289 e. The lowest BCUT2D eigenvalue weighted by Gasteiger charge is -1.97. The normalized spacial score (nSPS) is 10.8. The van der Waals surface area contributed by atoms with Gasteiger partial charge in [-0.15, -0.1) is 0 Å². The van der Waals surface area contributed by atoms with Crippen LogP contribution in [0.25, 0.3) is 6.08 Å². The van der Waals surface area contributed by atoms with Gasteiger partial charge in [0.2, 0.25) is 0 Å². The second-order valence-electron chi connectivity index (χ2n) is 3.76. The third kappa shape index (κ3) is 3.78. The fraction of sp³-hybridized carbons (Fsp3) is 0. The lowest BCUT2D eigenvalue weighted by Crippen LogP contribution is -1.93. The van der Waals surface area contributed by atoms with E-state index in [0.29, 0.717) is 5.56 Å². The summed E-state index contributed by atoms with van der Waals surface area (Å²) in [5.74, 6) is 0.0198. The summed E-state index contributed by atoms with van der Waals surface area (Å²) in [4.78, 5) is 11.9. The minimum atomic E-state index is 0.0198. The maximum Gasteiger partial charge on any atom is 0.185 e. The van der Waals surface area contributed by atoms with Gasteiger partial charge in [-0.1, -0.05) is 46.3 Å². The molecule has 2 aromatic rings. The summed E-state index contributed by atoms with van der Waals surface area (Å²) in [5.41, 5.74) is 1.71. The summed E-state index contributed by atoms with van der Waals surface area (Å²) in [6.45, 7) is 0. The summed E-state index contributed by atoms with van der Waals surface area (Å²) >= 11 is 5.62. The van der Waals surface area contributed by atoms with Gasteiger partial charge in [0.25, 0.3) is 0 Å². The molecule has 0 amide bonds. The molecule has 0 spiro atoms. The van der Waals surface area contributed by atoms with E-state index in [-0.39, 0.29) is 5.78 Å². The maximum atomic E-state index is 11.9. The van der Waals surface area contributed by atoms with Crippen molar-refractivity contribution in [2.75, 3.05) is 0 Å². The summed E-state index contributed by atoms with van der Waals surface area (Å²) in [6.07, 6.45) is 3.43. The van der Waals surface area contributed by atoms with Crippen LogP contribution < -0.4 is 0 Å². The van der Waals surface area contributed by atoms with Gasteiger partial charge in [-0.3, -0.25) is 4.79 Å². The first-order chi connectivity index (χ1) is 8.65. The van der Waals surface area contributed by atoms with Crippen molar-refractivity contribution in [2.24, 2.45) is 0 Å². The van der Waals surface area contributed by atoms with E-state index in [9.17, 15) is 4.79 Å². The Kier molecular flexibility index (Phi) is 4.72. The van der Waals surface area contributed by atoms with Crippen molar-refractivity contribution in [1.29, 1.82) is 0 Å². The molecule has 0 radical (unpaired) electrons. The monoisotopic (exact) mass is 412 g/mol. The highest BCUT2D eigenvalue weighted by atomic mass is 127. The topological polar surface area (TPSA) is 17.1 Å². The van der Waals surface area contributed by atoms with Gasteiger partial charge in [-0.25, -0.2) is 0 Å². The second kappa shape index (κ2) is 6.29. The smallest absolute Gasteiger partial charge is 0.185 e. The van der Waals surface area contributed by atoms with Crippen LogP contribution in [0.15, 0.2) is 59.1 Å². The van der Waals surface area contributed by atoms with E-state index in [0.717, 1.165) is 13.6 Å². The quantitative estimate of drug-likeness (QED) is 0.396. The maximum absolute atomic E-state index is 11.9. The molecule has 0 saturated heterocycles. The summed E-state index contributed by atoms with van der Waals surface area (Å²) < 4.78 is 2.13. The molecule has 0 saturated carbocycles. The highest BCUT2D eigenvalue weighted by Crippen LogP contribution is 2.13. The fourth-order valence-corrected chi connectivity index (χ4v) is 2.27. The molecule has 2 rings (SSSR count). The molecule has 2 aromatic carbocycles. The number of ketones is 1. The average Bonchev–Trinajstić information content (AvgIpc) is 2.37. The van der Waals surface area contributed by atoms with Gasteiger partial charge >= 0.3 is 0 Å². The Morgan fingerprint density at radius 1 is 1.11 bits per heavy atom.